The van der Waals surface area contributed by atoms with Crippen molar-refractivity contribution in [2.45, 2.75) is 6.61 Å². The molecule has 1 heteroatoms. The molecule has 3 aromatic rings. The Morgan fingerprint density at radius 1 is 0.750 bits per heavy atom. The Kier molecular flexibility index (Phi) is 3.66. The zero-order valence-corrected chi connectivity index (χ0v) is 11.0. The first-order chi connectivity index (χ1) is 9.93. The molecule has 0 aliphatic carbocycles. The van der Waals surface area contributed by atoms with Crippen molar-refractivity contribution in [2.75, 3.05) is 0 Å². The summed E-state index contributed by atoms with van der Waals surface area (Å²) in [6.07, 6.45) is 2.79. The van der Waals surface area contributed by atoms with Gasteiger partial charge in [-0.25, -0.2) is 0 Å². The average molecular weight is 258 g/mol. The van der Waals surface area contributed by atoms with Gasteiger partial charge >= 0.3 is 0 Å². The van der Waals surface area contributed by atoms with Crippen molar-refractivity contribution < 1.29 is 4.74 Å². The molecule has 0 radical (unpaired) electrons. The van der Waals surface area contributed by atoms with E-state index < -0.39 is 0 Å². The quantitative estimate of drug-likeness (QED) is 0.620. The maximum atomic E-state index is 5.41. The van der Waals surface area contributed by atoms with Crippen LogP contribution in [0, 0.1) is 12.0 Å². The second-order valence-electron chi connectivity index (χ2n) is 4.53. The number of ether oxygens (including phenoxy) is 1. The van der Waals surface area contributed by atoms with Crippen LogP contribution in [0.15, 0.2) is 72.8 Å². The molecule has 0 bridgehead atoms. The van der Waals surface area contributed by atoms with E-state index in [0.29, 0.717) is 6.61 Å². The highest BCUT2D eigenvalue weighted by molar-refractivity contribution is 5.87. The van der Waals surface area contributed by atoms with Crippen LogP contribution in [0.4, 0.5) is 0 Å². The Bertz CT molecular complexity index is 758. The van der Waals surface area contributed by atoms with E-state index in [1.165, 1.54) is 5.39 Å². The van der Waals surface area contributed by atoms with Crippen LogP contribution in [0.2, 0.25) is 0 Å². The first kappa shape index (κ1) is 12.3. The molecule has 0 aliphatic rings. The van der Waals surface area contributed by atoms with Gasteiger partial charge in [-0.3, -0.25) is 0 Å². The lowest BCUT2D eigenvalue weighted by Crippen LogP contribution is -1.86. The second-order valence-corrected chi connectivity index (χ2v) is 4.53. The molecule has 20 heavy (non-hydrogen) atoms. The van der Waals surface area contributed by atoms with Gasteiger partial charge in [0.2, 0.25) is 0 Å². The van der Waals surface area contributed by atoms with Gasteiger partial charge in [0.1, 0.15) is 12.7 Å². The third-order valence-electron chi connectivity index (χ3n) is 3.13. The van der Waals surface area contributed by atoms with Crippen molar-refractivity contribution in [3.05, 3.63) is 83.9 Å². The molecule has 0 heterocycles. The summed E-state index contributed by atoms with van der Waals surface area (Å²) in [5.41, 5.74) is 2.12. The highest BCUT2D eigenvalue weighted by Gasteiger charge is 1.96. The number of benzene rings is 3. The molecule has 96 valence electrons. The fourth-order valence-corrected chi connectivity index (χ4v) is 2.12. The zero-order valence-electron chi connectivity index (χ0n) is 11.0. The highest BCUT2D eigenvalue weighted by Crippen LogP contribution is 2.17. The Morgan fingerprint density at radius 3 is 2.40 bits per heavy atom. The summed E-state index contributed by atoms with van der Waals surface area (Å²) in [6.45, 7) is 0.513. The van der Waals surface area contributed by atoms with Crippen molar-refractivity contribution in [3.8, 4) is 12.0 Å². The van der Waals surface area contributed by atoms with Crippen LogP contribution in [0.3, 0.4) is 0 Å². The normalized spacial score (nSPS) is 9.80. The number of hydrogen-bond acceptors (Lipinski definition) is 1. The zero-order chi connectivity index (χ0) is 13.6. The summed E-state index contributed by atoms with van der Waals surface area (Å²) in [4.78, 5) is 0. The molecule has 0 saturated carbocycles. The predicted octanol–water partition coefficient (Wildman–Crippen LogP) is 4.37. The van der Waals surface area contributed by atoms with E-state index in [1.807, 2.05) is 54.6 Å². The molecule has 0 spiro atoms. The molecule has 0 saturated heterocycles. The summed E-state index contributed by atoms with van der Waals surface area (Å²) in [5, 5.41) is 2.35. The number of hydrogen-bond donors (Lipinski definition) is 0. The molecule has 0 amide bonds. The summed E-state index contributed by atoms with van der Waals surface area (Å²) in [7, 11) is 0. The molecule has 0 N–H and O–H groups in total. The second kappa shape index (κ2) is 5.95. The maximum absolute atomic E-state index is 5.41. The smallest absolute Gasteiger partial charge is 0.125 e. The van der Waals surface area contributed by atoms with Gasteiger partial charge in [0, 0.05) is 5.56 Å². The lowest BCUT2D eigenvalue weighted by atomic mass is 10.1. The van der Waals surface area contributed by atoms with Crippen LogP contribution in [0.5, 0.6) is 0 Å². The summed E-state index contributed by atoms with van der Waals surface area (Å²) in [5.74, 6) is 3.09. The molecule has 0 fully saturated rings. The summed E-state index contributed by atoms with van der Waals surface area (Å²) < 4.78 is 5.41. The Hall–Kier alpha value is -2.72. The molecular formula is C19H14O. The minimum Gasteiger partial charge on any atom is -0.441 e. The van der Waals surface area contributed by atoms with E-state index in [-0.39, 0.29) is 0 Å². The minimum atomic E-state index is 0.513. The number of fused-ring (bicyclic) bond motifs is 1. The van der Waals surface area contributed by atoms with Gasteiger partial charge in [0.05, 0.1) is 0 Å². The van der Waals surface area contributed by atoms with E-state index in [1.54, 1.807) is 0 Å². The fraction of sp³-hybridized carbons (Fsp3) is 0.0526. The van der Waals surface area contributed by atoms with Gasteiger partial charge in [-0.05, 0) is 28.3 Å². The van der Waals surface area contributed by atoms with Crippen molar-refractivity contribution in [2.24, 2.45) is 0 Å². The molecule has 3 aromatic carbocycles. The predicted molar refractivity (Wildman–Crippen MR) is 82.1 cm³/mol. The molecule has 3 rings (SSSR count). The van der Waals surface area contributed by atoms with Crippen LogP contribution >= 0.6 is 0 Å². The van der Waals surface area contributed by atoms with E-state index in [4.69, 9.17) is 4.74 Å². The van der Waals surface area contributed by atoms with Crippen LogP contribution in [0.25, 0.3) is 10.8 Å². The van der Waals surface area contributed by atoms with Gasteiger partial charge in [-0.15, -0.1) is 0 Å². The fourth-order valence-electron chi connectivity index (χ4n) is 2.12. The van der Waals surface area contributed by atoms with E-state index in [2.05, 4.69) is 30.2 Å². The molecule has 0 atom stereocenters. The topological polar surface area (TPSA) is 9.23 Å². The van der Waals surface area contributed by atoms with Crippen LogP contribution in [-0.2, 0) is 11.3 Å². The first-order valence-corrected chi connectivity index (χ1v) is 6.58. The highest BCUT2D eigenvalue weighted by atomic mass is 16.5. The van der Waals surface area contributed by atoms with E-state index >= 15 is 0 Å². The van der Waals surface area contributed by atoms with E-state index in [9.17, 15) is 0 Å². The maximum Gasteiger partial charge on any atom is 0.125 e. The third-order valence-corrected chi connectivity index (χ3v) is 3.13. The lowest BCUT2D eigenvalue weighted by Gasteiger charge is -2.00. The van der Waals surface area contributed by atoms with Crippen LogP contribution in [0.1, 0.15) is 11.1 Å². The van der Waals surface area contributed by atoms with Gasteiger partial charge in [0.15, 0.2) is 0 Å². The lowest BCUT2D eigenvalue weighted by molar-refractivity contribution is 0.265. The van der Waals surface area contributed by atoms with E-state index in [0.717, 1.165) is 16.5 Å². The van der Waals surface area contributed by atoms with Crippen molar-refractivity contribution in [1.82, 2.24) is 0 Å². The van der Waals surface area contributed by atoms with Crippen LogP contribution < -0.4 is 0 Å². The van der Waals surface area contributed by atoms with Gasteiger partial charge in [-0.1, -0.05) is 66.7 Å². The molecule has 1 nitrogen and oxygen atoms in total. The Morgan fingerprint density at radius 2 is 1.50 bits per heavy atom. The van der Waals surface area contributed by atoms with Gasteiger partial charge in [0.25, 0.3) is 0 Å². The Balaban J connectivity index is 1.76. The molecule has 0 aliphatic heterocycles. The van der Waals surface area contributed by atoms with Crippen molar-refractivity contribution in [1.29, 1.82) is 0 Å². The van der Waals surface area contributed by atoms with Gasteiger partial charge in [-0.2, -0.15) is 0 Å². The average Bonchev–Trinajstić information content (AvgIpc) is 2.53. The van der Waals surface area contributed by atoms with Gasteiger partial charge < -0.3 is 4.74 Å². The SMILES string of the molecule is C(#Cc1cccc2ccccc12)OCc1ccccc1. The Labute approximate surface area is 118 Å². The molecule has 0 unspecified atom stereocenters. The van der Waals surface area contributed by atoms with Crippen molar-refractivity contribution >= 4 is 10.8 Å². The minimum absolute atomic E-state index is 0.513. The third kappa shape index (κ3) is 2.81. The summed E-state index contributed by atoms with van der Waals surface area (Å²) >= 11 is 0. The van der Waals surface area contributed by atoms with Crippen molar-refractivity contribution in [3.63, 3.8) is 0 Å². The molecular weight excluding hydrogens is 244 g/mol. The standard InChI is InChI=1S/C19H14O/c1-2-7-16(8-3-1)15-20-14-13-18-11-6-10-17-9-4-5-12-19(17)18/h1-12H,15H2. The van der Waals surface area contributed by atoms with Crippen LogP contribution in [-0.4, -0.2) is 0 Å². The first-order valence-electron chi connectivity index (χ1n) is 6.58. The number of rotatable bonds is 2. The summed E-state index contributed by atoms with van der Waals surface area (Å²) in [6, 6.07) is 24.4. The monoisotopic (exact) mass is 258 g/mol. The largest absolute Gasteiger partial charge is 0.441 e. The molecule has 0 aromatic heterocycles.